The zero-order chi connectivity index (χ0) is 19.1. The molecule has 1 fully saturated rings. The smallest absolute Gasteiger partial charge is 0.224 e. The fraction of sp³-hybridized carbons (Fsp3) is 0.500. The first-order valence-electron chi connectivity index (χ1n) is 9.61. The van der Waals surface area contributed by atoms with Crippen LogP contribution >= 0.6 is 0 Å². The van der Waals surface area contributed by atoms with Gasteiger partial charge in [-0.1, -0.05) is 37.3 Å². The second kappa shape index (κ2) is 9.30. The zero-order valence-corrected chi connectivity index (χ0v) is 15.8. The summed E-state index contributed by atoms with van der Waals surface area (Å²) >= 11 is 0. The molecular formula is C20H27N5O2. The van der Waals surface area contributed by atoms with Crippen molar-refractivity contribution < 1.29 is 9.59 Å². The molecule has 0 bridgehead atoms. The Balaban J connectivity index is 1.58. The standard InChI is InChI=1S/C20H27N5O2/c1-2-18-14-23(19(26)9-6-11-24-16-21-15-22-24)12-10-20(27)25(18)13-17-7-4-3-5-8-17/h3-5,7-8,15-16,18H,2,6,9-14H2,1H3/t18-/m1/s1. The highest BCUT2D eigenvalue weighted by atomic mass is 16.2. The van der Waals surface area contributed by atoms with Gasteiger partial charge < -0.3 is 9.80 Å². The maximum Gasteiger partial charge on any atom is 0.224 e. The van der Waals surface area contributed by atoms with E-state index in [2.05, 4.69) is 17.0 Å². The van der Waals surface area contributed by atoms with Crippen LogP contribution in [0.2, 0.25) is 0 Å². The lowest BCUT2D eigenvalue weighted by Gasteiger charge is -2.31. The first-order chi connectivity index (χ1) is 13.2. The molecule has 0 saturated carbocycles. The van der Waals surface area contributed by atoms with Crippen LogP contribution < -0.4 is 0 Å². The minimum absolute atomic E-state index is 0.0551. The highest BCUT2D eigenvalue weighted by Gasteiger charge is 2.30. The number of amides is 2. The Hall–Kier alpha value is -2.70. The lowest BCUT2D eigenvalue weighted by atomic mass is 10.1. The van der Waals surface area contributed by atoms with Crippen LogP contribution in [0.1, 0.15) is 38.2 Å². The quantitative estimate of drug-likeness (QED) is 0.749. The first kappa shape index (κ1) is 19.1. The molecule has 0 N–H and O–H groups in total. The van der Waals surface area contributed by atoms with Crippen molar-refractivity contribution in [2.75, 3.05) is 13.1 Å². The number of carbonyl (C=O) groups excluding carboxylic acids is 2. The molecule has 1 aliphatic rings. The monoisotopic (exact) mass is 369 g/mol. The Bertz CT molecular complexity index is 732. The average Bonchev–Trinajstić information content (AvgIpc) is 3.15. The summed E-state index contributed by atoms with van der Waals surface area (Å²) < 4.78 is 1.73. The Morgan fingerprint density at radius 2 is 2.07 bits per heavy atom. The summed E-state index contributed by atoms with van der Waals surface area (Å²) in [5.74, 6) is 0.242. The molecule has 2 heterocycles. The van der Waals surface area contributed by atoms with Crippen molar-refractivity contribution in [1.29, 1.82) is 0 Å². The fourth-order valence-electron chi connectivity index (χ4n) is 3.49. The second-order valence-corrected chi connectivity index (χ2v) is 6.92. The molecule has 7 nitrogen and oxygen atoms in total. The van der Waals surface area contributed by atoms with Gasteiger partial charge in [0.05, 0.1) is 0 Å². The Morgan fingerprint density at radius 3 is 2.78 bits per heavy atom. The van der Waals surface area contributed by atoms with Crippen molar-refractivity contribution in [3.63, 3.8) is 0 Å². The van der Waals surface area contributed by atoms with Crippen LogP contribution in [0.3, 0.4) is 0 Å². The van der Waals surface area contributed by atoms with Gasteiger partial charge in [-0.15, -0.1) is 0 Å². The van der Waals surface area contributed by atoms with E-state index in [1.54, 1.807) is 11.0 Å². The van der Waals surface area contributed by atoms with Crippen LogP contribution in [0, 0.1) is 0 Å². The molecule has 1 aliphatic heterocycles. The minimum atomic E-state index is 0.0551. The Kier molecular flexibility index (Phi) is 6.57. The maximum atomic E-state index is 12.7. The molecular weight excluding hydrogens is 342 g/mol. The first-order valence-corrected chi connectivity index (χ1v) is 9.61. The molecule has 0 aliphatic carbocycles. The summed E-state index contributed by atoms with van der Waals surface area (Å²) in [7, 11) is 0. The van der Waals surface area contributed by atoms with Crippen molar-refractivity contribution in [2.45, 2.75) is 51.7 Å². The van der Waals surface area contributed by atoms with Crippen LogP contribution in [0.25, 0.3) is 0 Å². The van der Waals surface area contributed by atoms with Crippen LogP contribution in [-0.4, -0.2) is 55.5 Å². The predicted molar refractivity (Wildman–Crippen MR) is 102 cm³/mol. The number of aromatic nitrogens is 3. The molecule has 144 valence electrons. The van der Waals surface area contributed by atoms with E-state index in [1.807, 2.05) is 40.1 Å². The van der Waals surface area contributed by atoms with Gasteiger partial charge in [0.2, 0.25) is 11.8 Å². The third-order valence-electron chi connectivity index (χ3n) is 5.05. The number of rotatable bonds is 7. The molecule has 3 rings (SSSR count). The highest BCUT2D eigenvalue weighted by molar-refractivity contribution is 5.80. The maximum absolute atomic E-state index is 12.7. The Morgan fingerprint density at radius 1 is 1.26 bits per heavy atom. The normalized spacial score (nSPS) is 17.8. The molecule has 0 unspecified atom stereocenters. The van der Waals surface area contributed by atoms with Crippen LogP contribution in [0.15, 0.2) is 43.0 Å². The molecule has 2 amide bonds. The average molecular weight is 369 g/mol. The van der Waals surface area contributed by atoms with Crippen LogP contribution in [0.5, 0.6) is 0 Å². The van der Waals surface area contributed by atoms with Crippen molar-refractivity contribution in [2.24, 2.45) is 0 Å². The summed E-state index contributed by atoms with van der Waals surface area (Å²) in [4.78, 5) is 33.1. The number of hydrogen-bond acceptors (Lipinski definition) is 4. The zero-order valence-electron chi connectivity index (χ0n) is 15.8. The number of aryl methyl sites for hydroxylation is 1. The van der Waals surface area contributed by atoms with Gasteiger partial charge in [0.15, 0.2) is 0 Å². The Labute approximate surface area is 160 Å². The van der Waals surface area contributed by atoms with E-state index < -0.39 is 0 Å². The van der Waals surface area contributed by atoms with Crippen LogP contribution in [-0.2, 0) is 22.7 Å². The summed E-state index contributed by atoms with van der Waals surface area (Å²) in [6.07, 6.45) is 5.55. The predicted octanol–water partition coefficient (Wildman–Crippen LogP) is 2.10. The van der Waals surface area contributed by atoms with Gasteiger partial charge >= 0.3 is 0 Å². The molecule has 7 heteroatoms. The number of hydrogen-bond donors (Lipinski definition) is 0. The van der Waals surface area contributed by atoms with E-state index in [-0.39, 0.29) is 17.9 Å². The number of carbonyl (C=O) groups is 2. The fourth-order valence-corrected chi connectivity index (χ4v) is 3.49. The van der Waals surface area contributed by atoms with Crippen molar-refractivity contribution >= 4 is 11.8 Å². The molecule has 27 heavy (non-hydrogen) atoms. The van der Waals surface area contributed by atoms with Gasteiger partial charge in [-0.25, -0.2) is 4.98 Å². The lowest BCUT2D eigenvalue weighted by molar-refractivity contribution is -0.133. The van der Waals surface area contributed by atoms with E-state index in [9.17, 15) is 9.59 Å². The van der Waals surface area contributed by atoms with Crippen molar-refractivity contribution in [1.82, 2.24) is 24.6 Å². The van der Waals surface area contributed by atoms with E-state index in [1.165, 1.54) is 6.33 Å². The summed E-state index contributed by atoms with van der Waals surface area (Å²) in [5, 5.41) is 4.05. The minimum Gasteiger partial charge on any atom is -0.340 e. The molecule has 2 aromatic rings. The third-order valence-corrected chi connectivity index (χ3v) is 5.05. The van der Waals surface area contributed by atoms with Gasteiger partial charge in [-0.2, -0.15) is 5.10 Å². The highest BCUT2D eigenvalue weighted by Crippen LogP contribution is 2.18. The molecule has 1 aromatic carbocycles. The lowest BCUT2D eigenvalue weighted by Crippen LogP contribution is -2.43. The van der Waals surface area contributed by atoms with Gasteiger partial charge in [0.25, 0.3) is 0 Å². The summed E-state index contributed by atoms with van der Waals surface area (Å²) in [5.41, 5.74) is 1.12. The number of nitrogens with zero attached hydrogens (tertiary/aromatic N) is 5. The van der Waals surface area contributed by atoms with Crippen LogP contribution in [0.4, 0.5) is 0 Å². The van der Waals surface area contributed by atoms with E-state index in [0.717, 1.165) is 18.4 Å². The molecule has 1 aromatic heterocycles. The topological polar surface area (TPSA) is 71.3 Å². The largest absolute Gasteiger partial charge is 0.340 e. The molecule has 0 radical (unpaired) electrons. The van der Waals surface area contributed by atoms with E-state index in [0.29, 0.717) is 39.0 Å². The SMILES string of the molecule is CC[C@@H]1CN(C(=O)CCCn2cncn2)CCC(=O)N1Cc1ccccc1. The van der Waals surface area contributed by atoms with E-state index >= 15 is 0 Å². The van der Waals surface area contributed by atoms with Crippen molar-refractivity contribution in [3.8, 4) is 0 Å². The molecule has 1 saturated heterocycles. The third kappa shape index (κ3) is 5.15. The van der Waals surface area contributed by atoms with Gasteiger partial charge in [0, 0.05) is 45.1 Å². The van der Waals surface area contributed by atoms with Gasteiger partial charge in [-0.3, -0.25) is 14.3 Å². The molecule has 1 atom stereocenters. The van der Waals surface area contributed by atoms with E-state index in [4.69, 9.17) is 0 Å². The molecule has 0 spiro atoms. The van der Waals surface area contributed by atoms with Gasteiger partial charge in [-0.05, 0) is 18.4 Å². The second-order valence-electron chi connectivity index (χ2n) is 6.92. The summed E-state index contributed by atoms with van der Waals surface area (Å²) in [6.45, 7) is 4.47. The summed E-state index contributed by atoms with van der Waals surface area (Å²) in [6, 6.07) is 10.1. The number of benzene rings is 1. The van der Waals surface area contributed by atoms with Gasteiger partial charge in [0.1, 0.15) is 12.7 Å². The van der Waals surface area contributed by atoms with Crippen molar-refractivity contribution in [3.05, 3.63) is 48.5 Å².